The second kappa shape index (κ2) is 9.69. The summed E-state index contributed by atoms with van der Waals surface area (Å²) in [4.78, 5) is 41.1. The molecule has 1 saturated heterocycles. The maximum atomic E-state index is 13.0. The van der Waals surface area contributed by atoms with Crippen LogP contribution in [-0.4, -0.2) is 46.0 Å². The van der Waals surface area contributed by atoms with Gasteiger partial charge in [0.15, 0.2) is 0 Å². The number of nitrogens with one attached hydrogen (secondary N) is 2. The van der Waals surface area contributed by atoms with Gasteiger partial charge in [-0.3, -0.25) is 19.3 Å². The number of carbonyl (C=O) groups excluding carboxylic acids is 2. The number of carbonyl (C=O) groups is 2. The Bertz CT molecular complexity index is 1020. The number of nitrogens with zero attached hydrogens (tertiary/aromatic N) is 2. The lowest BCUT2D eigenvalue weighted by atomic mass is 10.1. The summed E-state index contributed by atoms with van der Waals surface area (Å²) in [6.07, 6.45) is 3.90. The van der Waals surface area contributed by atoms with Gasteiger partial charge in [-0.15, -0.1) is 0 Å². The van der Waals surface area contributed by atoms with Gasteiger partial charge in [0.2, 0.25) is 5.43 Å². The highest BCUT2D eigenvalue weighted by atomic mass is 16.2. The number of amides is 2. The predicted molar refractivity (Wildman–Crippen MR) is 126 cm³/mol. The highest BCUT2D eigenvalue weighted by molar-refractivity contribution is 5.99. The number of likely N-dealkylation sites (tertiary alicyclic amines) is 1. The van der Waals surface area contributed by atoms with Crippen LogP contribution < -0.4 is 16.1 Å². The Morgan fingerprint density at radius 3 is 2.28 bits per heavy atom. The molecule has 1 fully saturated rings. The molecule has 7 heteroatoms. The number of hydrogen-bond donors (Lipinski definition) is 2. The molecule has 2 aromatic rings. The average molecular weight is 439 g/mol. The van der Waals surface area contributed by atoms with E-state index in [1.165, 1.54) is 11.8 Å². The highest BCUT2D eigenvalue weighted by Gasteiger charge is 2.27. The Morgan fingerprint density at radius 1 is 1.06 bits per heavy atom. The van der Waals surface area contributed by atoms with E-state index in [4.69, 9.17) is 0 Å². The van der Waals surface area contributed by atoms with Gasteiger partial charge in [0.05, 0.1) is 0 Å². The number of rotatable bonds is 6. The van der Waals surface area contributed by atoms with Gasteiger partial charge in [0.25, 0.3) is 11.8 Å². The molecule has 2 amide bonds. The Balaban J connectivity index is 1.76. The molecule has 1 aliphatic rings. The molecule has 7 nitrogen and oxygen atoms in total. The fourth-order valence-electron chi connectivity index (χ4n) is 3.83. The first-order chi connectivity index (χ1) is 15.0. The third-order valence-electron chi connectivity index (χ3n) is 5.48. The van der Waals surface area contributed by atoms with E-state index < -0.39 is 22.8 Å². The number of benzene rings is 1. The summed E-state index contributed by atoms with van der Waals surface area (Å²) in [5.41, 5.74) is 0.188. The van der Waals surface area contributed by atoms with Gasteiger partial charge in [-0.1, -0.05) is 30.3 Å². The largest absolute Gasteiger partial charge is 0.350 e. The van der Waals surface area contributed by atoms with E-state index in [0.717, 1.165) is 26.1 Å². The Morgan fingerprint density at radius 2 is 1.69 bits per heavy atom. The molecule has 3 rings (SSSR count). The second-order valence-corrected chi connectivity index (χ2v) is 9.84. The van der Waals surface area contributed by atoms with Crippen LogP contribution >= 0.6 is 0 Å². The van der Waals surface area contributed by atoms with Crippen molar-refractivity contribution in [1.82, 2.24) is 20.1 Å². The quantitative estimate of drug-likeness (QED) is 0.726. The molecule has 1 aromatic carbocycles. The molecule has 1 aliphatic heterocycles. The predicted octanol–water partition coefficient (Wildman–Crippen LogP) is 2.96. The number of pyridine rings is 1. The van der Waals surface area contributed by atoms with Crippen molar-refractivity contribution in [3.63, 3.8) is 0 Å². The van der Waals surface area contributed by atoms with E-state index >= 15 is 0 Å². The fraction of sp³-hybridized carbons (Fsp3) is 0.480. The van der Waals surface area contributed by atoms with E-state index in [-0.39, 0.29) is 23.2 Å². The summed E-state index contributed by atoms with van der Waals surface area (Å²) in [6, 6.07) is 10.2. The zero-order chi connectivity index (χ0) is 23.5. The normalized spacial score (nSPS) is 16.9. The maximum absolute atomic E-state index is 13.0. The summed E-state index contributed by atoms with van der Waals surface area (Å²) in [5, 5.41) is 5.83. The molecule has 2 heterocycles. The lowest BCUT2D eigenvalue weighted by Gasteiger charge is -2.22. The van der Waals surface area contributed by atoms with Crippen LogP contribution in [0.5, 0.6) is 0 Å². The maximum Gasteiger partial charge on any atom is 0.257 e. The van der Waals surface area contributed by atoms with Gasteiger partial charge in [-0.05, 0) is 46.6 Å². The van der Waals surface area contributed by atoms with Gasteiger partial charge in [-0.25, -0.2) is 0 Å². The molecular formula is C25H34N4O3. The minimum atomic E-state index is -0.541. The summed E-state index contributed by atoms with van der Waals surface area (Å²) in [6.45, 7) is 11.9. The van der Waals surface area contributed by atoms with Gasteiger partial charge in [-0.2, -0.15) is 0 Å². The summed E-state index contributed by atoms with van der Waals surface area (Å²) < 4.78 is 1.74. The highest BCUT2D eigenvalue weighted by Crippen LogP contribution is 2.14. The topological polar surface area (TPSA) is 83.4 Å². The van der Waals surface area contributed by atoms with Crippen molar-refractivity contribution < 1.29 is 9.59 Å². The second-order valence-electron chi connectivity index (χ2n) is 9.84. The smallest absolute Gasteiger partial charge is 0.257 e. The van der Waals surface area contributed by atoms with Crippen molar-refractivity contribution >= 4 is 11.8 Å². The first-order valence-corrected chi connectivity index (χ1v) is 11.2. The van der Waals surface area contributed by atoms with Crippen molar-refractivity contribution in [3.05, 3.63) is 69.6 Å². The molecule has 0 saturated carbocycles. The van der Waals surface area contributed by atoms with E-state index in [0.29, 0.717) is 0 Å². The first kappa shape index (κ1) is 23.7. The van der Waals surface area contributed by atoms with Crippen molar-refractivity contribution in [2.24, 2.45) is 0 Å². The third-order valence-corrected chi connectivity index (χ3v) is 5.48. The van der Waals surface area contributed by atoms with Crippen LogP contribution in [-0.2, 0) is 6.54 Å². The zero-order valence-electron chi connectivity index (χ0n) is 19.6. The number of hydrogen-bond acceptors (Lipinski definition) is 4. The van der Waals surface area contributed by atoms with Crippen LogP contribution in [0.25, 0.3) is 0 Å². The fourth-order valence-corrected chi connectivity index (χ4v) is 3.83. The monoisotopic (exact) mass is 438 g/mol. The molecule has 2 N–H and O–H groups in total. The molecule has 0 unspecified atom stereocenters. The third kappa shape index (κ3) is 6.07. The summed E-state index contributed by atoms with van der Waals surface area (Å²) in [7, 11) is 0. The van der Waals surface area contributed by atoms with E-state index in [9.17, 15) is 14.4 Å². The number of aromatic nitrogens is 1. The van der Waals surface area contributed by atoms with Crippen LogP contribution in [0.3, 0.4) is 0 Å². The van der Waals surface area contributed by atoms with Crippen molar-refractivity contribution in [2.75, 3.05) is 13.1 Å². The van der Waals surface area contributed by atoms with Crippen molar-refractivity contribution in [2.45, 2.75) is 65.2 Å². The van der Waals surface area contributed by atoms with Crippen LogP contribution in [0, 0.1) is 0 Å². The average Bonchev–Trinajstić information content (AvgIpc) is 3.13. The molecule has 172 valence electrons. The van der Waals surface area contributed by atoms with Gasteiger partial charge in [0.1, 0.15) is 11.1 Å². The molecule has 1 atom stereocenters. The molecule has 0 spiro atoms. The van der Waals surface area contributed by atoms with E-state index in [1.54, 1.807) is 10.8 Å². The molecule has 0 radical (unpaired) electrons. The minimum Gasteiger partial charge on any atom is -0.350 e. The Kier molecular flexibility index (Phi) is 7.19. The first-order valence-electron chi connectivity index (χ1n) is 11.2. The van der Waals surface area contributed by atoms with Crippen LogP contribution in [0.4, 0.5) is 0 Å². The Labute approximate surface area is 189 Å². The van der Waals surface area contributed by atoms with Crippen LogP contribution in [0.1, 0.15) is 73.4 Å². The SMILES string of the molecule is CC(C)n1cc(C(=O)N[C@@H]2CCN(Cc3ccccc3)C2)c(=O)c(C(=O)NC(C)(C)C)c1. The molecule has 0 aliphatic carbocycles. The molecule has 0 bridgehead atoms. The zero-order valence-corrected chi connectivity index (χ0v) is 19.6. The standard InChI is InChI=1S/C25H34N4O3/c1-17(2)29-15-20(22(30)21(16-29)24(32)27-25(3,4)5)23(31)26-19-11-12-28(14-19)13-18-9-7-6-8-10-18/h6-10,15-17,19H,11-14H2,1-5H3,(H,26,31)(H,27,32)/t19-/m1/s1. The lowest BCUT2D eigenvalue weighted by Crippen LogP contribution is -2.44. The summed E-state index contributed by atoms with van der Waals surface area (Å²) in [5.74, 6) is -0.900. The van der Waals surface area contributed by atoms with Gasteiger partial charge < -0.3 is 15.2 Å². The van der Waals surface area contributed by atoms with Crippen molar-refractivity contribution in [1.29, 1.82) is 0 Å². The van der Waals surface area contributed by atoms with Crippen LogP contribution in [0.2, 0.25) is 0 Å². The molecule has 1 aromatic heterocycles. The van der Waals surface area contributed by atoms with Crippen LogP contribution in [0.15, 0.2) is 47.5 Å². The lowest BCUT2D eigenvalue weighted by molar-refractivity contribution is 0.0917. The molecular weight excluding hydrogens is 404 g/mol. The van der Waals surface area contributed by atoms with Crippen molar-refractivity contribution in [3.8, 4) is 0 Å². The summed E-state index contributed by atoms with van der Waals surface area (Å²) >= 11 is 0. The van der Waals surface area contributed by atoms with E-state index in [2.05, 4.69) is 27.7 Å². The van der Waals surface area contributed by atoms with Gasteiger partial charge in [0, 0.05) is 49.7 Å². The minimum absolute atomic E-state index is 0.00164. The molecule has 32 heavy (non-hydrogen) atoms. The van der Waals surface area contributed by atoms with E-state index in [1.807, 2.05) is 52.8 Å². The van der Waals surface area contributed by atoms with Gasteiger partial charge >= 0.3 is 0 Å². The Hall–Kier alpha value is -2.93.